The normalized spacial score (nSPS) is 20.0. The van der Waals surface area contributed by atoms with Crippen LogP contribution < -0.4 is 19.7 Å². The van der Waals surface area contributed by atoms with Gasteiger partial charge in [-0.15, -0.1) is 0 Å². The van der Waals surface area contributed by atoms with Crippen molar-refractivity contribution < 1.29 is 22.6 Å². The molecule has 1 heterocycles. The average Bonchev–Trinajstić information content (AvgIpc) is 2.72. The highest BCUT2D eigenvalue weighted by Gasteiger charge is 2.41. The predicted octanol–water partition coefficient (Wildman–Crippen LogP) is 2.29. The molecular formula is C14H19F3N2O2. The number of anilines is 1. The van der Waals surface area contributed by atoms with E-state index in [4.69, 9.17) is 9.47 Å². The summed E-state index contributed by atoms with van der Waals surface area (Å²) in [6.07, 6.45) is -4.20. The first-order valence-electron chi connectivity index (χ1n) is 6.70. The monoisotopic (exact) mass is 304 g/mol. The Kier molecular flexibility index (Phi) is 4.82. The van der Waals surface area contributed by atoms with Crippen LogP contribution in [0.2, 0.25) is 0 Å². The maximum atomic E-state index is 13.0. The van der Waals surface area contributed by atoms with Crippen LogP contribution in [0.4, 0.5) is 18.9 Å². The molecule has 118 valence electrons. The molecule has 0 radical (unpaired) electrons. The molecule has 4 nitrogen and oxygen atoms in total. The molecule has 1 aromatic rings. The van der Waals surface area contributed by atoms with Gasteiger partial charge in [0, 0.05) is 37.9 Å². The van der Waals surface area contributed by atoms with E-state index in [0.29, 0.717) is 30.3 Å². The second kappa shape index (κ2) is 6.43. The van der Waals surface area contributed by atoms with E-state index in [1.807, 2.05) is 0 Å². The SMILES string of the molecule is COc1ccc(N2CCNCC(C(F)(F)F)C2)cc1OC. The van der Waals surface area contributed by atoms with Gasteiger partial charge in [-0.2, -0.15) is 13.2 Å². The molecule has 1 aliphatic heterocycles. The van der Waals surface area contributed by atoms with Gasteiger partial charge in [0.15, 0.2) is 11.5 Å². The molecule has 1 aromatic carbocycles. The van der Waals surface area contributed by atoms with Crippen molar-refractivity contribution >= 4 is 5.69 Å². The second-order valence-electron chi connectivity index (χ2n) is 4.93. The highest BCUT2D eigenvalue weighted by atomic mass is 19.4. The van der Waals surface area contributed by atoms with Crippen LogP contribution in [0.15, 0.2) is 18.2 Å². The van der Waals surface area contributed by atoms with Crippen molar-refractivity contribution in [2.45, 2.75) is 6.18 Å². The molecule has 2 rings (SSSR count). The molecule has 1 N–H and O–H groups in total. The number of hydrogen-bond acceptors (Lipinski definition) is 4. The lowest BCUT2D eigenvalue weighted by molar-refractivity contribution is -0.169. The Labute approximate surface area is 121 Å². The summed E-state index contributed by atoms with van der Waals surface area (Å²) in [5.41, 5.74) is 0.700. The van der Waals surface area contributed by atoms with E-state index in [2.05, 4.69) is 5.32 Å². The molecule has 0 aliphatic carbocycles. The van der Waals surface area contributed by atoms with Crippen LogP contribution in [0, 0.1) is 5.92 Å². The van der Waals surface area contributed by atoms with Crippen molar-refractivity contribution in [1.82, 2.24) is 5.32 Å². The van der Waals surface area contributed by atoms with Crippen LogP contribution in [0.3, 0.4) is 0 Å². The van der Waals surface area contributed by atoms with Crippen molar-refractivity contribution in [2.75, 3.05) is 45.3 Å². The zero-order valence-electron chi connectivity index (χ0n) is 12.0. The Balaban J connectivity index is 2.23. The number of benzene rings is 1. The standard InChI is InChI=1S/C14H19F3N2O2/c1-20-12-4-3-11(7-13(12)21-2)19-6-5-18-8-10(9-19)14(15,16)17/h3-4,7,10,18H,5-6,8-9H2,1-2H3. The first kappa shape index (κ1) is 15.8. The van der Waals surface area contributed by atoms with Gasteiger partial charge in [0.05, 0.1) is 20.1 Å². The summed E-state index contributed by atoms with van der Waals surface area (Å²) in [5.74, 6) is -0.314. The number of methoxy groups -OCH3 is 2. The minimum absolute atomic E-state index is 0.0483. The minimum Gasteiger partial charge on any atom is -0.493 e. The zero-order chi connectivity index (χ0) is 15.5. The molecule has 1 fully saturated rings. The summed E-state index contributed by atoms with van der Waals surface area (Å²) in [5, 5.41) is 2.84. The van der Waals surface area contributed by atoms with Gasteiger partial charge < -0.3 is 19.7 Å². The Morgan fingerprint density at radius 2 is 1.90 bits per heavy atom. The number of ether oxygens (including phenoxy) is 2. The van der Waals surface area contributed by atoms with Crippen LogP contribution >= 0.6 is 0 Å². The summed E-state index contributed by atoms with van der Waals surface area (Å²) in [7, 11) is 3.02. The third-order valence-electron chi connectivity index (χ3n) is 3.59. The van der Waals surface area contributed by atoms with Crippen molar-refractivity contribution in [1.29, 1.82) is 0 Å². The highest BCUT2D eigenvalue weighted by Crippen LogP contribution is 2.34. The van der Waals surface area contributed by atoms with Gasteiger partial charge in [-0.1, -0.05) is 0 Å². The van der Waals surface area contributed by atoms with Crippen molar-refractivity contribution in [3.63, 3.8) is 0 Å². The molecule has 0 amide bonds. The Morgan fingerprint density at radius 3 is 2.52 bits per heavy atom. The number of alkyl halides is 3. The molecule has 1 aliphatic rings. The fraction of sp³-hybridized carbons (Fsp3) is 0.571. The Morgan fingerprint density at radius 1 is 1.19 bits per heavy atom. The Hall–Kier alpha value is -1.63. The topological polar surface area (TPSA) is 33.7 Å². The maximum Gasteiger partial charge on any atom is 0.394 e. The fourth-order valence-corrected chi connectivity index (χ4v) is 2.39. The highest BCUT2D eigenvalue weighted by molar-refractivity contribution is 5.56. The molecule has 0 saturated carbocycles. The molecule has 21 heavy (non-hydrogen) atoms. The van der Waals surface area contributed by atoms with E-state index in [1.54, 1.807) is 23.1 Å². The zero-order valence-corrected chi connectivity index (χ0v) is 12.0. The van der Waals surface area contributed by atoms with Gasteiger partial charge in [-0.25, -0.2) is 0 Å². The quantitative estimate of drug-likeness (QED) is 0.929. The van der Waals surface area contributed by atoms with E-state index >= 15 is 0 Å². The number of rotatable bonds is 3. The molecule has 1 unspecified atom stereocenters. The van der Waals surface area contributed by atoms with E-state index in [0.717, 1.165) is 0 Å². The molecule has 0 bridgehead atoms. The first-order valence-corrected chi connectivity index (χ1v) is 6.70. The summed E-state index contributed by atoms with van der Waals surface area (Å²) >= 11 is 0. The first-order chi connectivity index (χ1) is 9.95. The minimum atomic E-state index is -4.20. The van der Waals surface area contributed by atoms with E-state index in [1.165, 1.54) is 14.2 Å². The van der Waals surface area contributed by atoms with Gasteiger partial charge in [-0.05, 0) is 12.1 Å². The van der Waals surface area contributed by atoms with E-state index in [-0.39, 0.29) is 13.1 Å². The van der Waals surface area contributed by atoms with Crippen molar-refractivity contribution in [2.24, 2.45) is 5.92 Å². The average molecular weight is 304 g/mol. The molecule has 0 aromatic heterocycles. The van der Waals surface area contributed by atoms with Gasteiger partial charge in [0.2, 0.25) is 0 Å². The molecule has 1 saturated heterocycles. The maximum absolute atomic E-state index is 13.0. The van der Waals surface area contributed by atoms with Crippen molar-refractivity contribution in [3.8, 4) is 11.5 Å². The van der Waals surface area contributed by atoms with Crippen LogP contribution in [-0.2, 0) is 0 Å². The summed E-state index contributed by atoms with van der Waals surface area (Å²) in [6, 6.07) is 5.16. The summed E-state index contributed by atoms with van der Waals surface area (Å²) < 4.78 is 49.2. The number of hydrogen-bond donors (Lipinski definition) is 1. The second-order valence-corrected chi connectivity index (χ2v) is 4.93. The van der Waals surface area contributed by atoms with Crippen LogP contribution in [0.25, 0.3) is 0 Å². The van der Waals surface area contributed by atoms with Gasteiger partial charge in [-0.3, -0.25) is 0 Å². The number of nitrogens with zero attached hydrogens (tertiary/aromatic N) is 1. The lowest BCUT2D eigenvalue weighted by Gasteiger charge is -2.27. The lowest BCUT2D eigenvalue weighted by Crippen LogP contribution is -2.38. The summed E-state index contributed by atoms with van der Waals surface area (Å²) in [4.78, 5) is 1.72. The van der Waals surface area contributed by atoms with Crippen LogP contribution in [0.5, 0.6) is 11.5 Å². The van der Waals surface area contributed by atoms with Crippen LogP contribution in [-0.4, -0.2) is 46.6 Å². The lowest BCUT2D eigenvalue weighted by atomic mass is 10.1. The predicted molar refractivity (Wildman–Crippen MR) is 74.2 cm³/mol. The largest absolute Gasteiger partial charge is 0.493 e. The third-order valence-corrected chi connectivity index (χ3v) is 3.59. The summed E-state index contributed by atoms with van der Waals surface area (Å²) in [6.45, 7) is 0.919. The van der Waals surface area contributed by atoms with E-state index in [9.17, 15) is 13.2 Å². The number of nitrogens with one attached hydrogen (secondary N) is 1. The molecule has 1 atom stereocenters. The third kappa shape index (κ3) is 3.72. The molecule has 0 spiro atoms. The van der Waals surface area contributed by atoms with Gasteiger partial charge in [0.25, 0.3) is 0 Å². The smallest absolute Gasteiger partial charge is 0.394 e. The molecule has 7 heteroatoms. The Bertz CT molecular complexity index is 480. The van der Waals surface area contributed by atoms with Crippen molar-refractivity contribution in [3.05, 3.63) is 18.2 Å². The van der Waals surface area contributed by atoms with Gasteiger partial charge in [0.1, 0.15) is 0 Å². The van der Waals surface area contributed by atoms with E-state index < -0.39 is 12.1 Å². The molecular weight excluding hydrogens is 285 g/mol. The number of halogens is 3. The fourth-order valence-electron chi connectivity index (χ4n) is 2.39. The van der Waals surface area contributed by atoms with Gasteiger partial charge >= 0.3 is 6.18 Å². The van der Waals surface area contributed by atoms with Crippen LogP contribution in [0.1, 0.15) is 0 Å².